The molecule has 2 unspecified atom stereocenters. The van der Waals surface area contributed by atoms with Crippen molar-refractivity contribution in [2.45, 2.75) is 51.2 Å². The lowest BCUT2D eigenvalue weighted by Crippen LogP contribution is -2.63. The molecule has 2 fully saturated rings. The Morgan fingerprint density at radius 3 is 2.86 bits per heavy atom. The summed E-state index contributed by atoms with van der Waals surface area (Å²) in [5.74, 6) is 0.648. The maximum Gasteiger partial charge on any atom is 0.137 e. The maximum atomic E-state index is 13.7. The molecule has 1 N–H and O–H groups in total. The minimum Gasteiger partial charge on any atom is -0.308 e. The second kappa shape index (κ2) is 5.98. The molecule has 2 nitrogen and oxygen atoms in total. The van der Waals surface area contributed by atoms with Crippen molar-refractivity contribution in [1.29, 1.82) is 0 Å². The number of nitrogens with zero attached hydrogens (tertiary/aromatic N) is 1. The topological polar surface area (TPSA) is 15.3 Å². The van der Waals surface area contributed by atoms with Crippen molar-refractivity contribution in [3.8, 4) is 0 Å². The van der Waals surface area contributed by atoms with Gasteiger partial charge in [0, 0.05) is 31.2 Å². The molecule has 3 rings (SSSR count). The van der Waals surface area contributed by atoms with E-state index in [2.05, 4.69) is 40.0 Å². The fourth-order valence-electron chi connectivity index (χ4n) is 3.56. The first-order valence-electron chi connectivity index (χ1n) is 7.95. The fraction of sp³-hybridized carbons (Fsp3) is 0.647. The van der Waals surface area contributed by atoms with Gasteiger partial charge in [-0.05, 0) is 59.7 Å². The molecule has 4 heteroatoms. The quantitative estimate of drug-likeness (QED) is 0.880. The van der Waals surface area contributed by atoms with Crippen LogP contribution in [0.25, 0.3) is 0 Å². The van der Waals surface area contributed by atoms with Gasteiger partial charge in [0.25, 0.3) is 0 Å². The van der Waals surface area contributed by atoms with Crippen molar-refractivity contribution in [2.75, 3.05) is 13.1 Å². The summed E-state index contributed by atoms with van der Waals surface area (Å²) >= 11 is 3.40. The summed E-state index contributed by atoms with van der Waals surface area (Å²) in [7, 11) is 0. The van der Waals surface area contributed by atoms with Gasteiger partial charge in [-0.1, -0.05) is 19.1 Å². The Hall–Kier alpha value is -0.450. The van der Waals surface area contributed by atoms with E-state index in [9.17, 15) is 4.39 Å². The Balaban J connectivity index is 1.78. The first-order chi connectivity index (χ1) is 10.0. The lowest BCUT2D eigenvalue weighted by atomic mass is 9.90. The normalized spacial score (nSPS) is 30.6. The lowest BCUT2D eigenvalue weighted by molar-refractivity contribution is 0.0663. The number of nitrogens with one attached hydrogen (secondary N) is 1. The predicted molar refractivity (Wildman–Crippen MR) is 87.7 cm³/mol. The van der Waals surface area contributed by atoms with Crippen molar-refractivity contribution in [3.05, 3.63) is 34.1 Å². The van der Waals surface area contributed by atoms with Crippen LogP contribution in [0.3, 0.4) is 0 Å². The van der Waals surface area contributed by atoms with E-state index in [4.69, 9.17) is 0 Å². The Morgan fingerprint density at radius 2 is 2.19 bits per heavy atom. The van der Waals surface area contributed by atoms with Crippen LogP contribution in [0.5, 0.6) is 0 Å². The summed E-state index contributed by atoms with van der Waals surface area (Å²) in [5, 5.41) is 3.77. The molecule has 1 aliphatic carbocycles. The molecule has 1 aromatic rings. The molecule has 2 aliphatic rings. The van der Waals surface area contributed by atoms with E-state index in [1.807, 2.05) is 6.07 Å². The number of benzene rings is 1. The van der Waals surface area contributed by atoms with Crippen LogP contribution in [-0.4, -0.2) is 29.6 Å². The highest BCUT2D eigenvalue weighted by atomic mass is 79.9. The van der Waals surface area contributed by atoms with Gasteiger partial charge in [0.2, 0.25) is 0 Å². The summed E-state index contributed by atoms with van der Waals surface area (Å²) in [6, 6.07) is 5.87. The Morgan fingerprint density at radius 1 is 1.43 bits per heavy atom. The largest absolute Gasteiger partial charge is 0.308 e. The molecule has 0 amide bonds. The standard InChI is InChI=1S/C17H24BrFN2/c1-3-14-9-20-17(2,13-7-8-13)11-21(14)10-12-5-4-6-15(19)16(12)18/h4-6,13-14,20H,3,7-11H2,1-2H3. The summed E-state index contributed by atoms with van der Waals surface area (Å²) in [5.41, 5.74) is 1.28. The van der Waals surface area contributed by atoms with Crippen LogP contribution in [-0.2, 0) is 6.54 Å². The molecule has 1 aliphatic heterocycles. The van der Waals surface area contributed by atoms with Crippen molar-refractivity contribution in [3.63, 3.8) is 0 Å². The van der Waals surface area contributed by atoms with Gasteiger partial charge in [-0.3, -0.25) is 4.90 Å². The van der Waals surface area contributed by atoms with Crippen molar-refractivity contribution in [2.24, 2.45) is 5.92 Å². The molecule has 116 valence electrons. The summed E-state index contributed by atoms with van der Waals surface area (Å²) < 4.78 is 14.3. The van der Waals surface area contributed by atoms with Gasteiger partial charge < -0.3 is 5.32 Å². The highest BCUT2D eigenvalue weighted by Crippen LogP contribution is 2.41. The molecule has 0 radical (unpaired) electrons. The van der Waals surface area contributed by atoms with E-state index in [-0.39, 0.29) is 11.4 Å². The van der Waals surface area contributed by atoms with E-state index in [0.717, 1.165) is 37.5 Å². The summed E-state index contributed by atoms with van der Waals surface area (Å²) in [4.78, 5) is 2.54. The summed E-state index contributed by atoms with van der Waals surface area (Å²) in [6.07, 6.45) is 3.82. The van der Waals surface area contributed by atoms with Gasteiger partial charge in [-0.2, -0.15) is 0 Å². The molecule has 0 aromatic heterocycles. The molecule has 1 aromatic carbocycles. The molecule has 0 bridgehead atoms. The SMILES string of the molecule is CCC1CNC(C)(C2CC2)CN1Cc1cccc(F)c1Br. The average Bonchev–Trinajstić information content (AvgIpc) is 3.29. The first kappa shape index (κ1) is 15.4. The van der Waals surface area contributed by atoms with Crippen LogP contribution < -0.4 is 5.32 Å². The number of hydrogen-bond donors (Lipinski definition) is 1. The van der Waals surface area contributed by atoms with Crippen LogP contribution >= 0.6 is 15.9 Å². The van der Waals surface area contributed by atoms with Gasteiger partial charge in [0.1, 0.15) is 5.82 Å². The van der Waals surface area contributed by atoms with Gasteiger partial charge in [-0.25, -0.2) is 4.39 Å². The molecule has 0 spiro atoms. The second-order valence-corrected chi connectivity index (χ2v) is 7.55. The van der Waals surface area contributed by atoms with Crippen LogP contribution in [0.15, 0.2) is 22.7 Å². The zero-order chi connectivity index (χ0) is 15.0. The Labute approximate surface area is 135 Å². The molecular formula is C17H24BrFN2. The molecule has 1 heterocycles. The number of piperazine rings is 1. The molecule has 2 atom stereocenters. The third-order valence-corrected chi connectivity index (χ3v) is 6.03. The monoisotopic (exact) mass is 354 g/mol. The third-order valence-electron chi connectivity index (χ3n) is 5.14. The van der Waals surface area contributed by atoms with E-state index in [1.165, 1.54) is 18.9 Å². The zero-order valence-electron chi connectivity index (χ0n) is 12.8. The van der Waals surface area contributed by atoms with E-state index in [1.54, 1.807) is 6.07 Å². The second-order valence-electron chi connectivity index (χ2n) is 6.75. The minimum absolute atomic E-state index is 0.166. The van der Waals surface area contributed by atoms with Gasteiger partial charge in [0.05, 0.1) is 4.47 Å². The Bertz CT molecular complexity index is 518. The fourth-order valence-corrected chi connectivity index (χ4v) is 3.95. The predicted octanol–water partition coefficient (Wildman–Crippen LogP) is 3.94. The zero-order valence-corrected chi connectivity index (χ0v) is 14.4. The molecule has 1 saturated carbocycles. The molecular weight excluding hydrogens is 331 g/mol. The summed E-state index contributed by atoms with van der Waals surface area (Å²) in [6.45, 7) is 7.50. The van der Waals surface area contributed by atoms with Crippen molar-refractivity contribution >= 4 is 15.9 Å². The lowest BCUT2D eigenvalue weighted by Gasteiger charge is -2.46. The van der Waals surface area contributed by atoms with Crippen LogP contribution in [0.2, 0.25) is 0 Å². The average molecular weight is 355 g/mol. The van der Waals surface area contributed by atoms with Gasteiger partial charge in [-0.15, -0.1) is 0 Å². The van der Waals surface area contributed by atoms with E-state index >= 15 is 0 Å². The maximum absolute atomic E-state index is 13.7. The minimum atomic E-state index is -0.166. The molecule has 1 saturated heterocycles. The number of rotatable bonds is 4. The first-order valence-corrected chi connectivity index (χ1v) is 8.75. The number of hydrogen-bond acceptors (Lipinski definition) is 2. The van der Waals surface area contributed by atoms with E-state index in [0.29, 0.717) is 10.5 Å². The van der Waals surface area contributed by atoms with Crippen LogP contribution in [0.1, 0.15) is 38.7 Å². The Kier molecular flexibility index (Phi) is 4.40. The smallest absolute Gasteiger partial charge is 0.137 e. The molecule has 21 heavy (non-hydrogen) atoms. The van der Waals surface area contributed by atoms with Crippen molar-refractivity contribution in [1.82, 2.24) is 10.2 Å². The van der Waals surface area contributed by atoms with Crippen LogP contribution in [0, 0.1) is 11.7 Å². The van der Waals surface area contributed by atoms with E-state index < -0.39 is 0 Å². The van der Waals surface area contributed by atoms with Crippen LogP contribution in [0.4, 0.5) is 4.39 Å². The highest BCUT2D eigenvalue weighted by Gasteiger charge is 2.45. The number of halogens is 2. The third kappa shape index (κ3) is 3.17. The highest BCUT2D eigenvalue weighted by molar-refractivity contribution is 9.10. The van der Waals surface area contributed by atoms with Gasteiger partial charge >= 0.3 is 0 Å². The van der Waals surface area contributed by atoms with Crippen molar-refractivity contribution < 1.29 is 4.39 Å². The van der Waals surface area contributed by atoms with Gasteiger partial charge in [0.15, 0.2) is 0 Å².